The minimum Gasteiger partial charge on any atom is -0.490 e. The number of aromatic carboxylic acids is 1. The second-order valence-corrected chi connectivity index (χ2v) is 4.75. The van der Waals surface area contributed by atoms with Crippen LogP contribution in [0.5, 0.6) is 17.2 Å². The van der Waals surface area contributed by atoms with E-state index in [2.05, 4.69) is 15.9 Å². The normalized spacial score (nSPS) is 10.1. The number of para-hydroxylation sites is 2. The Morgan fingerprint density at radius 1 is 1.10 bits per heavy atom. The van der Waals surface area contributed by atoms with E-state index in [9.17, 15) is 9.90 Å². The highest BCUT2D eigenvalue weighted by atomic mass is 79.9. The molecule has 2 rings (SSSR count). The van der Waals surface area contributed by atoms with Crippen LogP contribution in [0.1, 0.15) is 17.3 Å². The van der Waals surface area contributed by atoms with E-state index >= 15 is 0 Å². The molecule has 0 saturated carbocycles. The molecule has 0 aliphatic rings. The fourth-order valence-electron chi connectivity index (χ4n) is 1.72. The summed E-state index contributed by atoms with van der Waals surface area (Å²) in [5.74, 6) is 0.265. The van der Waals surface area contributed by atoms with Crippen LogP contribution in [-0.2, 0) is 0 Å². The third kappa shape index (κ3) is 3.11. The molecule has 0 aliphatic carbocycles. The molecule has 1 N–H and O–H groups in total. The van der Waals surface area contributed by atoms with Gasteiger partial charge in [-0.2, -0.15) is 0 Å². The maximum Gasteiger partial charge on any atom is 0.340 e. The van der Waals surface area contributed by atoms with Gasteiger partial charge in [-0.15, -0.1) is 0 Å². The smallest absolute Gasteiger partial charge is 0.340 e. The van der Waals surface area contributed by atoms with Gasteiger partial charge in [0, 0.05) is 4.47 Å². The van der Waals surface area contributed by atoms with Gasteiger partial charge in [0.05, 0.1) is 6.61 Å². The number of hydrogen-bond acceptors (Lipinski definition) is 3. The van der Waals surface area contributed by atoms with Gasteiger partial charge < -0.3 is 14.6 Å². The van der Waals surface area contributed by atoms with Crippen molar-refractivity contribution in [2.45, 2.75) is 6.92 Å². The van der Waals surface area contributed by atoms with E-state index in [0.717, 1.165) is 0 Å². The van der Waals surface area contributed by atoms with E-state index in [1.165, 1.54) is 0 Å². The Hall–Kier alpha value is -2.01. The number of carboxylic acids is 1. The van der Waals surface area contributed by atoms with Crippen molar-refractivity contribution in [1.29, 1.82) is 0 Å². The van der Waals surface area contributed by atoms with Gasteiger partial charge in [-0.25, -0.2) is 4.79 Å². The molecule has 0 saturated heterocycles. The predicted octanol–water partition coefficient (Wildman–Crippen LogP) is 4.34. The molecule has 0 fully saturated rings. The lowest BCUT2D eigenvalue weighted by Crippen LogP contribution is -2.02. The zero-order chi connectivity index (χ0) is 14.5. The molecular weight excluding hydrogens is 324 g/mol. The quantitative estimate of drug-likeness (QED) is 0.882. The van der Waals surface area contributed by atoms with Crippen LogP contribution in [0.3, 0.4) is 0 Å². The highest BCUT2D eigenvalue weighted by molar-refractivity contribution is 9.10. The summed E-state index contributed by atoms with van der Waals surface area (Å²) in [6.45, 7) is 2.38. The van der Waals surface area contributed by atoms with Gasteiger partial charge in [-0.1, -0.05) is 18.2 Å². The second-order valence-electron chi connectivity index (χ2n) is 3.90. The van der Waals surface area contributed by atoms with Gasteiger partial charge in [0.2, 0.25) is 0 Å². The third-order valence-electron chi connectivity index (χ3n) is 2.56. The average molecular weight is 337 g/mol. The molecule has 5 heteroatoms. The van der Waals surface area contributed by atoms with E-state index in [1.807, 2.05) is 13.0 Å². The first-order valence-electron chi connectivity index (χ1n) is 6.05. The summed E-state index contributed by atoms with van der Waals surface area (Å²) in [5, 5.41) is 9.26. The van der Waals surface area contributed by atoms with Crippen molar-refractivity contribution < 1.29 is 19.4 Å². The molecular formula is C15H13BrO4. The fraction of sp³-hybridized carbons (Fsp3) is 0.133. The molecule has 20 heavy (non-hydrogen) atoms. The molecule has 0 radical (unpaired) electrons. The molecule has 0 atom stereocenters. The van der Waals surface area contributed by atoms with Gasteiger partial charge in [-0.3, -0.25) is 0 Å². The fourth-order valence-corrected chi connectivity index (χ4v) is 2.24. The molecule has 0 unspecified atom stereocenters. The molecule has 0 amide bonds. The lowest BCUT2D eigenvalue weighted by molar-refractivity contribution is 0.0693. The molecule has 104 valence electrons. The number of ether oxygens (including phenoxy) is 2. The van der Waals surface area contributed by atoms with Gasteiger partial charge >= 0.3 is 5.97 Å². The van der Waals surface area contributed by atoms with Gasteiger partial charge in [-0.05, 0) is 47.1 Å². The monoisotopic (exact) mass is 336 g/mol. The van der Waals surface area contributed by atoms with Crippen molar-refractivity contribution in [1.82, 2.24) is 0 Å². The summed E-state index contributed by atoms with van der Waals surface area (Å²) in [6.07, 6.45) is 0. The van der Waals surface area contributed by atoms with Crippen LogP contribution in [-0.4, -0.2) is 17.7 Å². The topological polar surface area (TPSA) is 55.8 Å². The minimum atomic E-state index is -1.05. The standard InChI is InChI=1S/C15H13BrO4/c1-2-19-11-7-3-4-8-12(11)20-13-9-5-6-10(16)14(13)15(17)18/h3-9H,2H2,1H3,(H,17,18). The Kier molecular flexibility index (Phi) is 4.63. The highest BCUT2D eigenvalue weighted by Gasteiger charge is 2.17. The zero-order valence-corrected chi connectivity index (χ0v) is 12.4. The van der Waals surface area contributed by atoms with Crippen molar-refractivity contribution in [2.75, 3.05) is 6.61 Å². The first-order valence-corrected chi connectivity index (χ1v) is 6.84. The number of rotatable bonds is 5. The van der Waals surface area contributed by atoms with E-state index < -0.39 is 5.97 Å². The Labute approximate surface area is 125 Å². The van der Waals surface area contributed by atoms with Gasteiger partial charge in [0.1, 0.15) is 11.3 Å². The molecule has 0 heterocycles. The Morgan fingerprint density at radius 2 is 1.75 bits per heavy atom. The lowest BCUT2D eigenvalue weighted by atomic mass is 10.2. The van der Waals surface area contributed by atoms with Crippen molar-refractivity contribution in [3.63, 3.8) is 0 Å². The van der Waals surface area contributed by atoms with Crippen LogP contribution in [0.2, 0.25) is 0 Å². The Balaban J connectivity index is 2.40. The number of hydrogen-bond donors (Lipinski definition) is 1. The van der Waals surface area contributed by atoms with Crippen molar-refractivity contribution in [2.24, 2.45) is 0 Å². The van der Waals surface area contributed by atoms with Crippen molar-refractivity contribution in [3.8, 4) is 17.2 Å². The minimum absolute atomic E-state index is 0.0822. The van der Waals surface area contributed by atoms with Gasteiger partial charge in [0.25, 0.3) is 0 Å². The average Bonchev–Trinajstić information content (AvgIpc) is 2.41. The summed E-state index contributed by atoms with van der Waals surface area (Å²) in [4.78, 5) is 11.3. The summed E-state index contributed by atoms with van der Waals surface area (Å²) < 4.78 is 11.6. The van der Waals surface area contributed by atoms with Crippen LogP contribution in [0.25, 0.3) is 0 Å². The van der Waals surface area contributed by atoms with Crippen LogP contribution < -0.4 is 9.47 Å². The van der Waals surface area contributed by atoms with Gasteiger partial charge in [0.15, 0.2) is 11.5 Å². The predicted molar refractivity (Wildman–Crippen MR) is 78.8 cm³/mol. The van der Waals surface area contributed by atoms with Crippen LogP contribution >= 0.6 is 15.9 Å². The van der Waals surface area contributed by atoms with Crippen LogP contribution in [0.15, 0.2) is 46.9 Å². The first-order chi connectivity index (χ1) is 9.63. The van der Waals surface area contributed by atoms with E-state index in [1.54, 1.807) is 36.4 Å². The van der Waals surface area contributed by atoms with E-state index in [0.29, 0.717) is 22.6 Å². The zero-order valence-electron chi connectivity index (χ0n) is 10.8. The number of carboxylic acid groups (broad SMARTS) is 1. The number of halogens is 1. The molecule has 2 aromatic rings. The van der Waals surface area contributed by atoms with Crippen LogP contribution in [0.4, 0.5) is 0 Å². The largest absolute Gasteiger partial charge is 0.490 e. The summed E-state index contributed by atoms with van der Waals surface area (Å²) in [7, 11) is 0. The summed E-state index contributed by atoms with van der Waals surface area (Å²) in [5.41, 5.74) is 0.0822. The third-order valence-corrected chi connectivity index (χ3v) is 3.22. The molecule has 0 spiro atoms. The molecule has 0 bridgehead atoms. The Bertz CT molecular complexity index is 625. The van der Waals surface area contributed by atoms with Crippen LogP contribution in [0, 0.1) is 0 Å². The lowest BCUT2D eigenvalue weighted by Gasteiger charge is -2.13. The molecule has 2 aromatic carbocycles. The van der Waals surface area contributed by atoms with E-state index in [4.69, 9.17) is 9.47 Å². The van der Waals surface area contributed by atoms with E-state index in [-0.39, 0.29) is 11.3 Å². The Morgan fingerprint density at radius 3 is 2.40 bits per heavy atom. The number of carbonyl (C=O) groups is 1. The SMILES string of the molecule is CCOc1ccccc1Oc1cccc(Br)c1C(=O)O. The molecule has 4 nitrogen and oxygen atoms in total. The maximum atomic E-state index is 11.3. The molecule has 0 aromatic heterocycles. The number of benzene rings is 2. The highest BCUT2D eigenvalue weighted by Crippen LogP contribution is 2.35. The molecule has 0 aliphatic heterocycles. The summed E-state index contributed by atoms with van der Waals surface area (Å²) in [6, 6.07) is 12.1. The first kappa shape index (κ1) is 14.4. The van der Waals surface area contributed by atoms with Crippen molar-refractivity contribution in [3.05, 3.63) is 52.5 Å². The summed E-state index contributed by atoms with van der Waals surface area (Å²) >= 11 is 3.22. The van der Waals surface area contributed by atoms with Crippen molar-refractivity contribution >= 4 is 21.9 Å². The second kappa shape index (κ2) is 6.43. The maximum absolute atomic E-state index is 11.3.